The van der Waals surface area contributed by atoms with Gasteiger partial charge in [-0.2, -0.15) is 9.61 Å². The maximum absolute atomic E-state index is 4.57. The summed E-state index contributed by atoms with van der Waals surface area (Å²) in [4.78, 5) is 0. The molecule has 2 heterocycles. The average molecular weight is 212 g/mol. The van der Waals surface area contributed by atoms with Gasteiger partial charge in [-0.05, 0) is 13.3 Å². The molecule has 0 saturated heterocycles. The summed E-state index contributed by atoms with van der Waals surface area (Å²) in [5, 5.41) is 15.1. The molecule has 0 aliphatic rings. The zero-order valence-corrected chi connectivity index (χ0v) is 9.31. The largest absolute Gasteiger partial charge is 0.197 e. The van der Waals surface area contributed by atoms with E-state index in [0.717, 1.165) is 29.0 Å². The molecule has 0 atom stereocenters. The Morgan fingerprint density at radius 3 is 2.62 bits per heavy atom. The van der Waals surface area contributed by atoms with Crippen LogP contribution in [0.4, 0.5) is 0 Å². The summed E-state index contributed by atoms with van der Waals surface area (Å²) in [5.41, 5.74) is 1.93. The Hall–Kier alpha value is -1.97. The van der Waals surface area contributed by atoms with E-state index in [1.807, 2.05) is 23.6 Å². The Morgan fingerprint density at radius 2 is 1.88 bits per heavy atom. The van der Waals surface area contributed by atoms with Crippen LogP contribution in [0.25, 0.3) is 16.4 Å². The Labute approximate surface area is 92.9 Å². The third-order valence-corrected chi connectivity index (χ3v) is 2.83. The molecular weight excluding hydrogens is 200 g/mol. The van der Waals surface area contributed by atoms with E-state index in [1.54, 1.807) is 0 Å². The van der Waals surface area contributed by atoms with Gasteiger partial charge in [0.1, 0.15) is 0 Å². The third-order valence-electron chi connectivity index (χ3n) is 2.83. The van der Waals surface area contributed by atoms with Crippen LogP contribution in [0.1, 0.15) is 18.4 Å². The number of hydrogen-bond donors (Lipinski definition) is 0. The minimum atomic E-state index is 0.829. The van der Waals surface area contributed by atoms with Gasteiger partial charge in [0.15, 0.2) is 11.5 Å². The molecule has 0 saturated carbocycles. The summed E-state index contributed by atoms with van der Waals surface area (Å²) >= 11 is 0. The van der Waals surface area contributed by atoms with E-state index in [-0.39, 0.29) is 0 Å². The van der Waals surface area contributed by atoms with Gasteiger partial charge in [0.25, 0.3) is 0 Å². The fraction of sp³-hybridized carbons (Fsp3) is 0.250. The van der Waals surface area contributed by atoms with Crippen LogP contribution >= 0.6 is 0 Å². The minimum Gasteiger partial charge on any atom is -0.197 e. The van der Waals surface area contributed by atoms with Gasteiger partial charge < -0.3 is 0 Å². The number of nitrogens with zero attached hydrogens (tertiary/aromatic N) is 4. The van der Waals surface area contributed by atoms with Gasteiger partial charge in [-0.15, -0.1) is 10.2 Å². The molecule has 2 aromatic heterocycles. The predicted molar refractivity (Wildman–Crippen MR) is 62.4 cm³/mol. The lowest BCUT2D eigenvalue weighted by Crippen LogP contribution is -2.00. The molecule has 4 nitrogen and oxygen atoms in total. The second kappa shape index (κ2) is 3.27. The van der Waals surface area contributed by atoms with Gasteiger partial charge in [-0.1, -0.05) is 31.2 Å². The second-order valence-corrected chi connectivity index (χ2v) is 3.83. The molecule has 0 aliphatic heterocycles. The molecule has 0 bridgehead atoms. The van der Waals surface area contributed by atoms with Crippen molar-refractivity contribution in [3.05, 3.63) is 35.8 Å². The van der Waals surface area contributed by atoms with Crippen LogP contribution in [0.15, 0.2) is 24.3 Å². The van der Waals surface area contributed by atoms with Crippen molar-refractivity contribution in [3.63, 3.8) is 0 Å². The molecule has 3 rings (SSSR count). The maximum Gasteiger partial charge on any atom is 0.185 e. The normalized spacial score (nSPS) is 11.4. The van der Waals surface area contributed by atoms with Crippen molar-refractivity contribution in [1.29, 1.82) is 0 Å². The molecule has 80 valence electrons. The third kappa shape index (κ3) is 1.13. The highest BCUT2D eigenvalue weighted by atomic mass is 15.4. The molecular formula is C12H12N4. The van der Waals surface area contributed by atoms with E-state index in [1.165, 1.54) is 5.39 Å². The smallest absolute Gasteiger partial charge is 0.185 e. The van der Waals surface area contributed by atoms with Gasteiger partial charge in [0.2, 0.25) is 0 Å². The second-order valence-electron chi connectivity index (χ2n) is 3.83. The predicted octanol–water partition coefficient (Wildman–Crippen LogP) is 2.15. The van der Waals surface area contributed by atoms with Crippen molar-refractivity contribution in [2.75, 3.05) is 0 Å². The quantitative estimate of drug-likeness (QED) is 0.620. The number of hydrogen-bond acceptors (Lipinski definition) is 3. The van der Waals surface area contributed by atoms with Crippen LogP contribution < -0.4 is 0 Å². The van der Waals surface area contributed by atoms with Crippen LogP contribution in [0.5, 0.6) is 0 Å². The first kappa shape index (κ1) is 9.27. The first-order chi connectivity index (χ1) is 7.81. The molecule has 1 aromatic carbocycles. The molecule has 4 heteroatoms. The lowest BCUT2D eigenvalue weighted by molar-refractivity contribution is 0.836. The first-order valence-electron chi connectivity index (χ1n) is 5.41. The van der Waals surface area contributed by atoms with Crippen molar-refractivity contribution >= 4 is 16.4 Å². The van der Waals surface area contributed by atoms with Gasteiger partial charge in [-0.3, -0.25) is 0 Å². The molecule has 0 fully saturated rings. The van der Waals surface area contributed by atoms with E-state index in [2.05, 4.69) is 34.4 Å². The number of fused-ring (bicyclic) bond motifs is 3. The van der Waals surface area contributed by atoms with Gasteiger partial charge in [0, 0.05) is 10.8 Å². The SMILES string of the molecule is CCc1nn2c(C)nnc2c2ccccc12. The maximum atomic E-state index is 4.57. The Balaban J connectivity index is 2.58. The van der Waals surface area contributed by atoms with Crippen molar-refractivity contribution in [3.8, 4) is 0 Å². The van der Waals surface area contributed by atoms with Gasteiger partial charge in [0.05, 0.1) is 5.69 Å². The van der Waals surface area contributed by atoms with Gasteiger partial charge in [-0.25, -0.2) is 0 Å². The summed E-state index contributed by atoms with van der Waals surface area (Å²) in [6.45, 7) is 4.03. The molecule has 0 amide bonds. The average Bonchev–Trinajstić information content (AvgIpc) is 2.70. The minimum absolute atomic E-state index is 0.829. The van der Waals surface area contributed by atoms with Crippen molar-refractivity contribution in [1.82, 2.24) is 19.8 Å². The number of aryl methyl sites for hydroxylation is 2. The summed E-state index contributed by atoms with van der Waals surface area (Å²) in [5.74, 6) is 0.829. The van der Waals surface area contributed by atoms with Crippen LogP contribution in [-0.2, 0) is 6.42 Å². The van der Waals surface area contributed by atoms with Crippen molar-refractivity contribution in [2.45, 2.75) is 20.3 Å². The molecule has 0 spiro atoms. The molecule has 0 N–H and O–H groups in total. The number of benzene rings is 1. The molecule has 0 unspecified atom stereocenters. The monoisotopic (exact) mass is 212 g/mol. The lowest BCUT2D eigenvalue weighted by Gasteiger charge is -2.05. The van der Waals surface area contributed by atoms with E-state index in [4.69, 9.17) is 0 Å². The Morgan fingerprint density at radius 1 is 1.12 bits per heavy atom. The van der Waals surface area contributed by atoms with Crippen LogP contribution in [0.3, 0.4) is 0 Å². The Kier molecular flexibility index (Phi) is 1.89. The lowest BCUT2D eigenvalue weighted by atomic mass is 10.1. The van der Waals surface area contributed by atoms with E-state index in [9.17, 15) is 0 Å². The molecule has 3 aromatic rings. The highest BCUT2D eigenvalue weighted by molar-refractivity contribution is 5.94. The number of aromatic nitrogens is 4. The van der Waals surface area contributed by atoms with Crippen molar-refractivity contribution in [2.24, 2.45) is 0 Å². The molecule has 16 heavy (non-hydrogen) atoms. The summed E-state index contributed by atoms with van der Waals surface area (Å²) in [6, 6.07) is 8.21. The topological polar surface area (TPSA) is 43.1 Å². The van der Waals surface area contributed by atoms with E-state index < -0.39 is 0 Å². The summed E-state index contributed by atoms with van der Waals surface area (Å²) < 4.78 is 1.82. The Bertz CT molecular complexity index is 669. The first-order valence-corrected chi connectivity index (χ1v) is 5.41. The number of rotatable bonds is 1. The standard InChI is InChI=1S/C12H12N4/c1-3-11-9-6-4-5-7-10(9)12-14-13-8(2)16(12)15-11/h4-7H,3H2,1-2H3. The zero-order chi connectivity index (χ0) is 11.1. The van der Waals surface area contributed by atoms with Crippen LogP contribution in [-0.4, -0.2) is 19.8 Å². The molecule has 0 aliphatic carbocycles. The zero-order valence-electron chi connectivity index (χ0n) is 9.31. The van der Waals surface area contributed by atoms with Gasteiger partial charge >= 0.3 is 0 Å². The summed E-state index contributed by atoms with van der Waals surface area (Å²) in [7, 11) is 0. The van der Waals surface area contributed by atoms with Crippen LogP contribution in [0, 0.1) is 6.92 Å². The fourth-order valence-corrected chi connectivity index (χ4v) is 2.01. The highest BCUT2D eigenvalue weighted by Crippen LogP contribution is 2.21. The molecule has 0 radical (unpaired) electrons. The summed E-state index contributed by atoms with van der Waals surface area (Å²) in [6.07, 6.45) is 0.911. The van der Waals surface area contributed by atoms with E-state index >= 15 is 0 Å². The fourth-order valence-electron chi connectivity index (χ4n) is 2.01. The van der Waals surface area contributed by atoms with E-state index in [0.29, 0.717) is 0 Å². The van der Waals surface area contributed by atoms with Crippen molar-refractivity contribution < 1.29 is 0 Å². The van der Waals surface area contributed by atoms with Crippen LogP contribution in [0.2, 0.25) is 0 Å². The highest BCUT2D eigenvalue weighted by Gasteiger charge is 2.10.